The predicted molar refractivity (Wildman–Crippen MR) is 144 cm³/mol. The fourth-order valence-corrected chi connectivity index (χ4v) is 6.57. The molecule has 38 heavy (non-hydrogen) atoms. The van der Waals surface area contributed by atoms with Crippen molar-refractivity contribution in [1.29, 1.82) is 0 Å². The molecule has 0 bridgehead atoms. The summed E-state index contributed by atoms with van der Waals surface area (Å²) in [6, 6.07) is 17.9. The minimum Gasteiger partial charge on any atom is -0.481 e. The zero-order chi connectivity index (χ0) is 26.4. The highest BCUT2D eigenvalue weighted by Crippen LogP contribution is 2.59. The molecule has 2 aliphatic rings. The number of carboxylic acids is 1. The number of nitrogens with zero attached hydrogens (tertiary/aromatic N) is 2. The Labute approximate surface area is 224 Å². The lowest BCUT2D eigenvalue weighted by atomic mass is 9.49. The molecule has 1 heterocycles. The lowest BCUT2D eigenvalue weighted by molar-refractivity contribution is -0.142. The van der Waals surface area contributed by atoms with Crippen molar-refractivity contribution in [3.63, 3.8) is 0 Å². The topological polar surface area (TPSA) is 84.2 Å². The minimum absolute atomic E-state index is 0.0845. The van der Waals surface area contributed by atoms with E-state index >= 15 is 0 Å². The average molecular weight is 532 g/mol. The van der Waals surface area contributed by atoms with Crippen molar-refractivity contribution in [3.05, 3.63) is 88.8 Å². The van der Waals surface area contributed by atoms with Crippen LogP contribution in [-0.2, 0) is 11.3 Å². The second-order valence-corrected chi connectivity index (χ2v) is 11.2. The van der Waals surface area contributed by atoms with Gasteiger partial charge in [-0.15, -0.1) is 0 Å². The van der Waals surface area contributed by atoms with Gasteiger partial charge in [0.05, 0.1) is 28.8 Å². The molecule has 3 aromatic carbocycles. The maximum atomic E-state index is 14.2. The van der Waals surface area contributed by atoms with Crippen molar-refractivity contribution in [2.75, 3.05) is 0 Å². The summed E-state index contributed by atoms with van der Waals surface area (Å²) in [6.45, 7) is 0.430. The molecule has 6 nitrogen and oxygen atoms in total. The number of fused-ring (bicyclic) bond motifs is 1. The SMILES string of the molecule is O=C(O)CC1CC2(C1)CC(NC(=O)c1ccc(Cl)c3cnn(Cc4ccc(-c5ccccc5F)cc4)c13)C2. The summed E-state index contributed by atoms with van der Waals surface area (Å²) >= 11 is 6.45. The van der Waals surface area contributed by atoms with Crippen molar-refractivity contribution >= 4 is 34.4 Å². The molecule has 4 aromatic rings. The number of carbonyl (C=O) groups excluding carboxylic acids is 1. The summed E-state index contributed by atoms with van der Waals surface area (Å²) in [7, 11) is 0. The first-order chi connectivity index (χ1) is 18.3. The predicted octanol–water partition coefficient (Wildman–Crippen LogP) is 6.31. The zero-order valence-corrected chi connectivity index (χ0v) is 21.4. The third-order valence-electron chi connectivity index (χ3n) is 8.06. The largest absolute Gasteiger partial charge is 0.481 e. The quantitative estimate of drug-likeness (QED) is 0.293. The molecule has 8 heteroatoms. The summed E-state index contributed by atoms with van der Waals surface area (Å²) in [4.78, 5) is 24.3. The van der Waals surface area contributed by atoms with E-state index in [0.29, 0.717) is 33.6 Å². The van der Waals surface area contributed by atoms with E-state index < -0.39 is 5.97 Å². The molecule has 1 spiro atoms. The monoisotopic (exact) mass is 531 g/mol. The number of rotatable bonds is 7. The van der Waals surface area contributed by atoms with E-state index in [1.807, 2.05) is 30.3 Å². The van der Waals surface area contributed by atoms with E-state index in [1.54, 1.807) is 35.1 Å². The lowest BCUT2D eigenvalue weighted by Gasteiger charge is -2.57. The van der Waals surface area contributed by atoms with Crippen LogP contribution in [0.25, 0.3) is 22.0 Å². The maximum absolute atomic E-state index is 14.2. The number of aromatic nitrogens is 2. The number of carbonyl (C=O) groups is 2. The molecule has 0 aliphatic heterocycles. The van der Waals surface area contributed by atoms with Crippen LogP contribution in [-0.4, -0.2) is 32.8 Å². The Kier molecular flexibility index (Phi) is 6.19. The number of nitrogens with one attached hydrogen (secondary N) is 1. The Bertz CT molecular complexity index is 1530. The summed E-state index contributed by atoms with van der Waals surface area (Å²) in [5, 5.41) is 17.9. The van der Waals surface area contributed by atoms with E-state index in [0.717, 1.165) is 36.8 Å². The highest BCUT2D eigenvalue weighted by Gasteiger charge is 2.53. The average Bonchev–Trinajstić information content (AvgIpc) is 3.26. The summed E-state index contributed by atoms with van der Waals surface area (Å²) in [5.41, 5.74) is 3.69. The van der Waals surface area contributed by atoms with E-state index in [-0.39, 0.29) is 35.5 Å². The number of hydrogen-bond donors (Lipinski definition) is 2. The molecule has 2 fully saturated rings. The molecule has 0 atom stereocenters. The van der Waals surface area contributed by atoms with Crippen LogP contribution in [0.3, 0.4) is 0 Å². The molecule has 2 N–H and O–H groups in total. The molecule has 2 saturated carbocycles. The number of benzene rings is 3. The van der Waals surface area contributed by atoms with Crippen LogP contribution in [0.5, 0.6) is 0 Å². The summed E-state index contributed by atoms with van der Waals surface area (Å²) in [5.74, 6) is -0.906. The van der Waals surface area contributed by atoms with Crippen molar-refractivity contribution in [2.45, 2.75) is 44.7 Å². The Morgan fingerprint density at radius 2 is 1.79 bits per heavy atom. The highest BCUT2D eigenvalue weighted by atomic mass is 35.5. The molecule has 0 radical (unpaired) electrons. The third kappa shape index (κ3) is 4.56. The van der Waals surface area contributed by atoms with Gasteiger partial charge in [0.15, 0.2) is 0 Å². The molecular formula is C30H27ClFN3O3. The van der Waals surface area contributed by atoms with E-state index in [2.05, 4.69) is 10.4 Å². The van der Waals surface area contributed by atoms with Crippen LogP contribution < -0.4 is 5.32 Å². The fourth-order valence-electron chi connectivity index (χ4n) is 6.37. The van der Waals surface area contributed by atoms with Crippen LogP contribution in [0.2, 0.25) is 5.02 Å². The second kappa shape index (κ2) is 9.55. The molecule has 2 aliphatic carbocycles. The Morgan fingerprint density at radius 1 is 1.05 bits per heavy atom. The van der Waals surface area contributed by atoms with Crippen LogP contribution in [0.15, 0.2) is 66.9 Å². The van der Waals surface area contributed by atoms with Gasteiger partial charge in [-0.25, -0.2) is 4.39 Å². The molecule has 0 saturated heterocycles. The van der Waals surface area contributed by atoms with Crippen LogP contribution in [0, 0.1) is 17.2 Å². The number of carboxylic acid groups (broad SMARTS) is 1. The first-order valence-electron chi connectivity index (χ1n) is 12.8. The lowest BCUT2D eigenvalue weighted by Crippen LogP contribution is -2.56. The van der Waals surface area contributed by atoms with Gasteiger partial charge in [-0.3, -0.25) is 14.3 Å². The molecular weight excluding hydrogens is 505 g/mol. The molecule has 1 amide bonds. The normalized spacial score (nSPS) is 22.2. The highest BCUT2D eigenvalue weighted by molar-refractivity contribution is 6.36. The van der Waals surface area contributed by atoms with Crippen LogP contribution >= 0.6 is 11.6 Å². The first kappa shape index (κ1) is 24.6. The van der Waals surface area contributed by atoms with Crippen molar-refractivity contribution in [2.24, 2.45) is 11.3 Å². The van der Waals surface area contributed by atoms with Crippen LogP contribution in [0.1, 0.15) is 48.0 Å². The van der Waals surface area contributed by atoms with Gasteiger partial charge in [0.1, 0.15) is 5.82 Å². The van der Waals surface area contributed by atoms with Gasteiger partial charge in [0, 0.05) is 23.4 Å². The smallest absolute Gasteiger partial charge is 0.303 e. The van der Waals surface area contributed by atoms with Gasteiger partial charge >= 0.3 is 5.97 Å². The fraction of sp³-hybridized carbons (Fsp3) is 0.300. The summed E-state index contributed by atoms with van der Waals surface area (Å²) in [6.07, 6.45) is 5.55. The van der Waals surface area contributed by atoms with Gasteiger partial charge in [0.25, 0.3) is 5.91 Å². The Hall–Kier alpha value is -3.71. The van der Waals surface area contributed by atoms with E-state index in [4.69, 9.17) is 16.7 Å². The van der Waals surface area contributed by atoms with Gasteiger partial charge < -0.3 is 10.4 Å². The number of hydrogen-bond acceptors (Lipinski definition) is 3. The van der Waals surface area contributed by atoms with Gasteiger partial charge in [-0.2, -0.15) is 5.10 Å². The molecule has 0 unspecified atom stereocenters. The number of amides is 1. The second-order valence-electron chi connectivity index (χ2n) is 10.8. The minimum atomic E-state index is -0.738. The van der Waals surface area contributed by atoms with E-state index in [9.17, 15) is 14.0 Å². The van der Waals surface area contributed by atoms with Crippen molar-refractivity contribution < 1.29 is 19.1 Å². The summed E-state index contributed by atoms with van der Waals surface area (Å²) < 4.78 is 16.0. The molecule has 1 aromatic heterocycles. The molecule has 6 rings (SSSR count). The number of aliphatic carboxylic acids is 1. The Balaban J connectivity index is 1.17. The van der Waals surface area contributed by atoms with Gasteiger partial charge in [0.2, 0.25) is 0 Å². The van der Waals surface area contributed by atoms with Gasteiger partial charge in [-0.05, 0) is 66.3 Å². The Morgan fingerprint density at radius 3 is 2.50 bits per heavy atom. The molecule has 194 valence electrons. The maximum Gasteiger partial charge on any atom is 0.303 e. The van der Waals surface area contributed by atoms with Crippen molar-refractivity contribution in [1.82, 2.24) is 15.1 Å². The first-order valence-corrected chi connectivity index (χ1v) is 13.2. The number of halogens is 2. The third-order valence-corrected chi connectivity index (χ3v) is 8.39. The van der Waals surface area contributed by atoms with Crippen molar-refractivity contribution in [3.8, 4) is 11.1 Å². The van der Waals surface area contributed by atoms with E-state index in [1.165, 1.54) is 6.07 Å². The zero-order valence-electron chi connectivity index (χ0n) is 20.7. The standard InChI is InChI=1S/C30H27ClFN3O3/c31-25-10-9-23(29(38)34-21-14-30(15-21)12-19(13-30)11-27(36)37)28-24(25)16-33-35(28)17-18-5-7-20(8-6-18)22-3-1-2-4-26(22)32/h1-10,16,19,21H,11-15,17H2,(H,34,38)(H,36,37). The van der Waals surface area contributed by atoms with Crippen LogP contribution in [0.4, 0.5) is 4.39 Å². The van der Waals surface area contributed by atoms with Gasteiger partial charge in [-0.1, -0.05) is 54.1 Å².